The van der Waals surface area contributed by atoms with Crippen LogP contribution in [0.25, 0.3) is 0 Å². The van der Waals surface area contributed by atoms with Crippen molar-refractivity contribution in [3.63, 3.8) is 0 Å². The predicted octanol–water partition coefficient (Wildman–Crippen LogP) is 2.84. The SMILES string of the molecule is CC(C)(C)[Si](C)(C)OC[C@H]1O[C@H](O)[C@H](O)[C@@H](O)[C@@H]1O[Si](C)(C)C(C)(C)C. The van der Waals surface area contributed by atoms with Gasteiger partial charge in [0.05, 0.1) is 6.61 Å². The van der Waals surface area contributed by atoms with Crippen LogP contribution in [0.15, 0.2) is 0 Å². The number of hydrogen-bond acceptors (Lipinski definition) is 6. The summed E-state index contributed by atoms with van der Waals surface area (Å²) in [7, 11) is -4.24. The van der Waals surface area contributed by atoms with E-state index >= 15 is 0 Å². The summed E-state index contributed by atoms with van der Waals surface area (Å²) in [6.07, 6.45) is -5.43. The Morgan fingerprint density at radius 2 is 1.27 bits per heavy atom. The summed E-state index contributed by atoms with van der Waals surface area (Å²) in [6, 6.07) is 0. The fourth-order valence-corrected chi connectivity index (χ4v) is 4.56. The Kier molecular flexibility index (Phi) is 7.37. The standard InChI is InChI=1S/C18H40O6Si2/c1-17(2,3)25(7,8)22-11-12-15(13(19)14(20)16(21)23-12)24-26(9,10)18(4,5)6/h12-16,19-21H,11H2,1-10H3/t12-,13-,14-,15-,16+/m1/s1. The molecular weight excluding hydrogens is 368 g/mol. The molecular formula is C18H40O6Si2. The van der Waals surface area contributed by atoms with Gasteiger partial charge in [0.15, 0.2) is 22.9 Å². The van der Waals surface area contributed by atoms with Crippen LogP contribution in [0.2, 0.25) is 36.3 Å². The summed E-state index contributed by atoms with van der Waals surface area (Å²) < 4.78 is 18.2. The van der Waals surface area contributed by atoms with Crippen molar-refractivity contribution >= 4 is 16.6 Å². The number of aliphatic hydroxyl groups excluding tert-OH is 3. The van der Waals surface area contributed by atoms with E-state index in [4.69, 9.17) is 13.6 Å². The molecule has 0 saturated carbocycles. The first-order chi connectivity index (χ1) is 11.4. The maximum atomic E-state index is 10.6. The normalized spacial score (nSPS) is 32.0. The molecule has 0 aromatic carbocycles. The summed E-state index contributed by atoms with van der Waals surface area (Å²) in [4.78, 5) is 0. The van der Waals surface area contributed by atoms with Crippen LogP contribution in [0.4, 0.5) is 0 Å². The molecule has 0 spiro atoms. The van der Waals surface area contributed by atoms with E-state index in [2.05, 4.69) is 67.7 Å². The van der Waals surface area contributed by atoms with Crippen LogP contribution in [0.5, 0.6) is 0 Å². The Balaban J connectivity index is 3.01. The smallest absolute Gasteiger partial charge is 0.192 e. The summed E-state index contributed by atoms with van der Waals surface area (Å²) in [5.41, 5.74) is 0. The molecule has 1 rings (SSSR count). The van der Waals surface area contributed by atoms with Crippen molar-refractivity contribution in [3.8, 4) is 0 Å². The lowest BCUT2D eigenvalue weighted by atomic mass is 9.99. The second-order valence-electron chi connectivity index (χ2n) is 10.5. The fourth-order valence-electron chi connectivity index (χ4n) is 2.22. The third-order valence-corrected chi connectivity index (χ3v) is 15.3. The minimum absolute atomic E-state index is 0.0359. The van der Waals surface area contributed by atoms with E-state index in [1.807, 2.05) is 0 Å². The minimum atomic E-state index is -2.22. The Hall–Kier alpha value is 0.194. The molecule has 1 saturated heterocycles. The maximum Gasteiger partial charge on any atom is 0.192 e. The number of ether oxygens (including phenoxy) is 1. The van der Waals surface area contributed by atoms with Gasteiger partial charge in [0, 0.05) is 0 Å². The van der Waals surface area contributed by atoms with Gasteiger partial charge in [-0.2, -0.15) is 0 Å². The summed E-state index contributed by atoms with van der Waals surface area (Å²) in [5, 5.41) is 30.6. The lowest BCUT2D eigenvalue weighted by Crippen LogP contribution is -2.63. The molecule has 5 atom stereocenters. The van der Waals surface area contributed by atoms with Gasteiger partial charge in [-0.15, -0.1) is 0 Å². The van der Waals surface area contributed by atoms with Gasteiger partial charge in [-0.25, -0.2) is 0 Å². The molecule has 0 unspecified atom stereocenters. The van der Waals surface area contributed by atoms with Crippen molar-refractivity contribution in [3.05, 3.63) is 0 Å². The minimum Gasteiger partial charge on any atom is -0.414 e. The first kappa shape index (κ1) is 24.2. The molecule has 1 aliphatic rings. The Labute approximate surface area is 161 Å². The third-order valence-electron chi connectivity index (χ3n) is 6.31. The van der Waals surface area contributed by atoms with Gasteiger partial charge < -0.3 is 28.9 Å². The average Bonchev–Trinajstić information content (AvgIpc) is 2.43. The Bertz CT molecular complexity index is 469. The molecule has 0 amide bonds. The topological polar surface area (TPSA) is 88.4 Å². The van der Waals surface area contributed by atoms with Crippen molar-refractivity contribution in [2.45, 2.75) is 109 Å². The Morgan fingerprint density at radius 1 is 0.808 bits per heavy atom. The molecule has 1 aliphatic heterocycles. The van der Waals surface area contributed by atoms with Crippen LogP contribution in [-0.4, -0.2) is 69.3 Å². The molecule has 1 heterocycles. The van der Waals surface area contributed by atoms with Crippen molar-refractivity contribution in [1.82, 2.24) is 0 Å². The quantitative estimate of drug-likeness (QED) is 0.606. The first-order valence-corrected chi connectivity index (χ1v) is 15.2. The lowest BCUT2D eigenvalue weighted by Gasteiger charge is -2.47. The zero-order valence-corrected chi connectivity index (χ0v) is 20.2. The highest BCUT2D eigenvalue weighted by molar-refractivity contribution is 6.74. The van der Waals surface area contributed by atoms with Gasteiger partial charge >= 0.3 is 0 Å². The summed E-state index contributed by atoms with van der Waals surface area (Å²) >= 11 is 0. The van der Waals surface area contributed by atoms with E-state index in [0.717, 1.165) is 0 Å². The first-order valence-electron chi connectivity index (χ1n) is 9.42. The van der Waals surface area contributed by atoms with E-state index in [9.17, 15) is 15.3 Å². The van der Waals surface area contributed by atoms with E-state index in [-0.39, 0.29) is 16.7 Å². The molecule has 3 N–H and O–H groups in total. The van der Waals surface area contributed by atoms with Crippen LogP contribution in [0.3, 0.4) is 0 Å². The second-order valence-corrected chi connectivity index (χ2v) is 20.0. The van der Waals surface area contributed by atoms with Crippen LogP contribution < -0.4 is 0 Å². The molecule has 156 valence electrons. The van der Waals surface area contributed by atoms with E-state index in [1.54, 1.807) is 0 Å². The molecule has 0 radical (unpaired) electrons. The van der Waals surface area contributed by atoms with Gasteiger partial charge in [0.1, 0.15) is 24.4 Å². The van der Waals surface area contributed by atoms with Crippen LogP contribution in [0.1, 0.15) is 41.5 Å². The number of rotatable bonds is 5. The monoisotopic (exact) mass is 408 g/mol. The number of aliphatic hydroxyl groups is 3. The molecule has 6 nitrogen and oxygen atoms in total. The lowest BCUT2D eigenvalue weighted by molar-refractivity contribution is -0.282. The van der Waals surface area contributed by atoms with E-state index in [1.165, 1.54) is 0 Å². The predicted molar refractivity (Wildman–Crippen MR) is 108 cm³/mol. The van der Waals surface area contributed by atoms with Gasteiger partial charge in [-0.3, -0.25) is 0 Å². The van der Waals surface area contributed by atoms with Gasteiger partial charge in [0.25, 0.3) is 0 Å². The largest absolute Gasteiger partial charge is 0.414 e. The molecule has 8 heteroatoms. The van der Waals surface area contributed by atoms with E-state index in [0.29, 0.717) is 0 Å². The van der Waals surface area contributed by atoms with Crippen molar-refractivity contribution in [2.24, 2.45) is 0 Å². The van der Waals surface area contributed by atoms with Crippen LogP contribution in [-0.2, 0) is 13.6 Å². The van der Waals surface area contributed by atoms with Crippen LogP contribution in [0, 0.1) is 0 Å². The number of hydrogen-bond donors (Lipinski definition) is 3. The van der Waals surface area contributed by atoms with Gasteiger partial charge in [-0.05, 0) is 36.3 Å². The van der Waals surface area contributed by atoms with Gasteiger partial charge in [0.2, 0.25) is 0 Å². The maximum absolute atomic E-state index is 10.6. The summed E-state index contributed by atoms with van der Waals surface area (Å²) in [6.45, 7) is 21.5. The highest BCUT2D eigenvalue weighted by atomic mass is 28.4. The second kappa shape index (κ2) is 7.90. The zero-order valence-electron chi connectivity index (χ0n) is 18.2. The van der Waals surface area contributed by atoms with Crippen molar-refractivity contribution < 1.29 is 28.9 Å². The highest BCUT2D eigenvalue weighted by Crippen LogP contribution is 2.40. The molecule has 0 aromatic rings. The molecule has 26 heavy (non-hydrogen) atoms. The third kappa shape index (κ3) is 5.38. The molecule has 1 fully saturated rings. The zero-order chi connectivity index (χ0) is 20.7. The average molecular weight is 409 g/mol. The van der Waals surface area contributed by atoms with Gasteiger partial charge in [-0.1, -0.05) is 41.5 Å². The van der Waals surface area contributed by atoms with E-state index < -0.39 is 47.3 Å². The van der Waals surface area contributed by atoms with Crippen LogP contribution >= 0.6 is 0 Å². The summed E-state index contributed by atoms with van der Waals surface area (Å²) in [5.74, 6) is 0. The highest BCUT2D eigenvalue weighted by Gasteiger charge is 2.50. The molecule has 0 aliphatic carbocycles. The fraction of sp³-hybridized carbons (Fsp3) is 1.00. The van der Waals surface area contributed by atoms with Crippen molar-refractivity contribution in [2.75, 3.05) is 6.61 Å². The van der Waals surface area contributed by atoms with Crippen molar-refractivity contribution in [1.29, 1.82) is 0 Å². The Morgan fingerprint density at radius 3 is 1.69 bits per heavy atom. The molecule has 0 bridgehead atoms. The molecule has 0 aromatic heterocycles.